The van der Waals surface area contributed by atoms with Crippen LogP contribution >= 0.6 is 23.2 Å². The summed E-state index contributed by atoms with van der Waals surface area (Å²) in [4.78, 5) is 4.12. The van der Waals surface area contributed by atoms with Gasteiger partial charge in [0, 0.05) is 12.3 Å². The van der Waals surface area contributed by atoms with E-state index in [2.05, 4.69) is 4.98 Å². The number of nitrogens with zero attached hydrogens (tertiary/aromatic N) is 2. The number of para-hydroxylation sites is 1. The van der Waals surface area contributed by atoms with Gasteiger partial charge in [0.15, 0.2) is 0 Å². The summed E-state index contributed by atoms with van der Waals surface area (Å²) in [6, 6.07) is 4.68. The van der Waals surface area contributed by atoms with Gasteiger partial charge < -0.3 is 4.57 Å². The van der Waals surface area contributed by atoms with Crippen LogP contribution in [0, 0.1) is 0 Å². The van der Waals surface area contributed by atoms with Crippen molar-refractivity contribution in [2.75, 3.05) is 5.88 Å². The van der Waals surface area contributed by atoms with Crippen molar-refractivity contribution < 1.29 is 17.6 Å². The number of rotatable bonds is 5. The predicted molar refractivity (Wildman–Crippen MR) is 70.1 cm³/mol. The number of alkyl halides is 5. The van der Waals surface area contributed by atoms with Gasteiger partial charge in [-0.2, -0.15) is 8.78 Å². The summed E-state index contributed by atoms with van der Waals surface area (Å²) in [5, 5.41) is 0.181. The van der Waals surface area contributed by atoms with E-state index in [9.17, 15) is 17.6 Å². The molecule has 0 spiro atoms. The molecule has 1 heterocycles. The van der Waals surface area contributed by atoms with Gasteiger partial charge >= 0.3 is 12.3 Å². The third-order valence-corrected chi connectivity index (χ3v) is 3.30. The third-order valence-electron chi connectivity index (χ3n) is 2.80. The van der Waals surface area contributed by atoms with Gasteiger partial charge in [0.05, 0.1) is 22.6 Å². The Balaban J connectivity index is 2.56. The summed E-state index contributed by atoms with van der Waals surface area (Å²) >= 11 is 11.5. The fraction of sp³-hybridized carbons (Fsp3) is 0.417. The van der Waals surface area contributed by atoms with E-state index in [-0.39, 0.29) is 28.7 Å². The molecule has 20 heavy (non-hydrogen) atoms. The van der Waals surface area contributed by atoms with E-state index in [0.29, 0.717) is 5.52 Å². The lowest BCUT2D eigenvalue weighted by atomic mass is 10.3. The van der Waals surface area contributed by atoms with E-state index in [1.807, 2.05) is 0 Å². The monoisotopic (exact) mass is 328 g/mol. The summed E-state index contributed by atoms with van der Waals surface area (Å²) in [7, 11) is 0. The van der Waals surface area contributed by atoms with Crippen LogP contribution in [0.1, 0.15) is 5.82 Å². The normalized spacial score (nSPS) is 12.6. The molecule has 0 radical (unpaired) electrons. The molecule has 0 atom stereocenters. The third kappa shape index (κ3) is 2.86. The standard InChI is InChI=1S/C12H10Cl2F4N2/c13-5-4-9-19-8-3-1-2-7(14)10(8)20(9)6-12(17,18)11(15)16/h1-3,11H,4-6H2. The van der Waals surface area contributed by atoms with Crippen LogP contribution in [0.4, 0.5) is 17.6 Å². The number of halogens is 6. The molecule has 8 heteroatoms. The molecule has 1 aromatic carbocycles. The Bertz CT molecular complexity index is 613. The highest BCUT2D eigenvalue weighted by atomic mass is 35.5. The lowest BCUT2D eigenvalue weighted by molar-refractivity contribution is -0.137. The molecule has 0 aliphatic carbocycles. The van der Waals surface area contributed by atoms with Crippen molar-refractivity contribution in [2.24, 2.45) is 0 Å². The van der Waals surface area contributed by atoms with Crippen molar-refractivity contribution >= 4 is 34.2 Å². The quantitative estimate of drug-likeness (QED) is 0.588. The van der Waals surface area contributed by atoms with Gasteiger partial charge in [-0.1, -0.05) is 17.7 Å². The maximum atomic E-state index is 13.3. The Morgan fingerprint density at radius 2 is 2.00 bits per heavy atom. The first kappa shape index (κ1) is 15.4. The maximum absolute atomic E-state index is 13.3. The Kier molecular flexibility index (Phi) is 4.44. The zero-order chi connectivity index (χ0) is 14.9. The average molecular weight is 329 g/mol. The molecular formula is C12H10Cl2F4N2. The number of aryl methyl sites for hydroxylation is 1. The van der Waals surface area contributed by atoms with Crippen LogP contribution in [0.3, 0.4) is 0 Å². The first-order chi connectivity index (χ1) is 9.36. The van der Waals surface area contributed by atoms with Gasteiger partial charge in [-0.15, -0.1) is 11.6 Å². The molecule has 0 aliphatic heterocycles. The van der Waals surface area contributed by atoms with E-state index in [1.165, 1.54) is 6.07 Å². The smallest absolute Gasteiger partial charge is 0.320 e. The second kappa shape index (κ2) is 5.77. The molecule has 2 aromatic rings. The molecule has 0 aliphatic rings. The molecule has 2 rings (SSSR count). The molecule has 0 N–H and O–H groups in total. The summed E-state index contributed by atoms with van der Waals surface area (Å²) < 4.78 is 52.4. The summed E-state index contributed by atoms with van der Waals surface area (Å²) in [6.07, 6.45) is -3.57. The molecule has 0 bridgehead atoms. The second-order valence-corrected chi connectivity index (χ2v) is 5.01. The Hall–Kier alpha value is -1.01. The van der Waals surface area contributed by atoms with Crippen molar-refractivity contribution in [1.82, 2.24) is 9.55 Å². The SMILES string of the molecule is FC(F)C(F)(F)Cn1c(CCCl)nc2cccc(Cl)c21. The van der Waals surface area contributed by atoms with E-state index in [0.717, 1.165) is 4.57 Å². The minimum absolute atomic E-state index is 0.140. The van der Waals surface area contributed by atoms with E-state index in [1.54, 1.807) is 12.1 Å². The predicted octanol–water partition coefficient (Wildman–Crippen LogP) is 4.37. The van der Waals surface area contributed by atoms with Crippen LogP contribution in [-0.2, 0) is 13.0 Å². The van der Waals surface area contributed by atoms with Gasteiger partial charge in [-0.3, -0.25) is 0 Å². The van der Waals surface area contributed by atoms with Crippen LogP contribution in [0.25, 0.3) is 11.0 Å². The van der Waals surface area contributed by atoms with Crippen LogP contribution in [0.15, 0.2) is 18.2 Å². The molecule has 0 fully saturated rings. The van der Waals surface area contributed by atoms with Crippen molar-refractivity contribution in [3.63, 3.8) is 0 Å². The van der Waals surface area contributed by atoms with E-state index < -0.39 is 18.9 Å². The van der Waals surface area contributed by atoms with Crippen LogP contribution in [0.5, 0.6) is 0 Å². The van der Waals surface area contributed by atoms with Gasteiger partial charge in [-0.05, 0) is 12.1 Å². The molecular weight excluding hydrogens is 319 g/mol. The fourth-order valence-corrected chi connectivity index (χ4v) is 2.36. The zero-order valence-corrected chi connectivity index (χ0v) is 11.6. The molecule has 110 valence electrons. The Morgan fingerprint density at radius 1 is 1.30 bits per heavy atom. The number of hydrogen-bond acceptors (Lipinski definition) is 1. The number of aromatic nitrogens is 2. The van der Waals surface area contributed by atoms with E-state index in [4.69, 9.17) is 23.2 Å². The number of hydrogen-bond donors (Lipinski definition) is 0. The highest BCUT2D eigenvalue weighted by Gasteiger charge is 2.42. The molecule has 1 aromatic heterocycles. The van der Waals surface area contributed by atoms with Crippen molar-refractivity contribution in [2.45, 2.75) is 25.3 Å². The summed E-state index contributed by atoms with van der Waals surface area (Å²) in [6.45, 7) is -1.18. The van der Waals surface area contributed by atoms with Gasteiger partial charge in [0.25, 0.3) is 0 Å². The van der Waals surface area contributed by atoms with Gasteiger partial charge in [0.1, 0.15) is 5.82 Å². The minimum Gasteiger partial charge on any atom is -0.320 e. The van der Waals surface area contributed by atoms with Crippen LogP contribution < -0.4 is 0 Å². The highest BCUT2D eigenvalue weighted by Crippen LogP contribution is 2.31. The number of imidazole rings is 1. The number of benzene rings is 1. The van der Waals surface area contributed by atoms with Crippen LogP contribution in [0.2, 0.25) is 5.02 Å². The van der Waals surface area contributed by atoms with Crippen molar-refractivity contribution in [1.29, 1.82) is 0 Å². The Labute approximate surface area is 122 Å². The van der Waals surface area contributed by atoms with Gasteiger partial charge in [-0.25, -0.2) is 13.8 Å². The molecule has 0 saturated carbocycles. The lowest BCUT2D eigenvalue weighted by Gasteiger charge is -2.18. The summed E-state index contributed by atoms with van der Waals surface area (Å²) in [5.74, 6) is -3.81. The molecule has 2 nitrogen and oxygen atoms in total. The topological polar surface area (TPSA) is 17.8 Å². The zero-order valence-electron chi connectivity index (χ0n) is 10.1. The lowest BCUT2D eigenvalue weighted by Crippen LogP contribution is -2.32. The van der Waals surface area contributed by atoms with Gasteiger partial charge in [0.2, 0.25) is 0 Å². The molecule has 0 unspecified atom stereocenters. The summed E-state index contributed by atoms with van der Waals surface area (Å²) in [5.41, 5.74) is 0.595. The molecule has 0 amide bonds. The highest BCUT2D eigenvalue weighted by molar-refractivity contribution is 6.35. The first-order valence-corrected chi connectivity index (χ1v) is 6.63. The van der Waals surface area contributed by atoms with Crippen LogP contribution in [-0.4, -0.2) is 27.8 Å². The first-order valence-electron chi connectivity index (χ1n) is 5.72. The average Bonchev–Trinajstić information content (AvgIpc) is 2.68. The maximum Gasteiger partial charge on any atom is 0.324 e. The number of fused-ring (bicyclic) bond motifs is 1. The largest absolute Gasteiger partial charge is 0.324 e. The fourth-order valence-electron chi connectivity index (χ4n) is 1.92. The molecule has 0 saturated heterocycles. The second-order valence-electron chi connectivity index (χ2n) is 4.22. The minimum atomic E-state index is -4.16. The van der Waals surface area contributed by atoms with Crippen molar-refractivity contribution in [3.8, 4) is 0 Å². The Morgan fingerprint density at radius 3 is 2.60 bits per heavy atom. The van der Waals surface area contributed by atoms with E-state index >= 15 is 0 Å². The van der Waals surface area contributed by atoms with Crippen molar-refractivity contribution in [3.05, 3.63) is 29.0 Å².